The minimum Gasteiger partial charge on any atom is -0.375 e. The van der Waals surface area contributed by atoms with Gasteiger partial charge in [0.1, 0.15) is 5.82 Å². The molecule has 4 heteroatoms. The molecule has 1 aromatic rings. The van der Waals surface area contributed by atoms with Crippen LogP contribution in [0.2, 0.25) is 0 Å². The van der Waals surface area contributed by atoms with Gasteiger partial charge in [-0.05, 0) is 25.7 Å². The van der Waals surface area contributed by atoms with Gasteiger partial charge in [-0.1, -0.05) is 12.8 Å². The maximum atomic E-state index is 5.68. The second kappa shape index (κ2) is 6.55. The number of nitrogens with one attached hydrogen (secondary N) is 1. The van der Waals surface area contributed by atoms with Crippen molar-refractivity contribution in [2.75, 3.05) is 18.5 Å². The summed E-state index contributed by atoms with van der Waals surface area (Å²) in [6, 6.07) is 0. The van der Waals surface area contributed by atoms with E-state index >= 15 is 0 Å². The molecule has 1 saturated carbocycles. The molecule has 0 saturated heterocycles. The summed E-state index contributed by atoms with van der Waals surface area (Å²) in [6.07, 6.45) is 8.93. The van der Waals surface area contributed by atoms with Crippen molar-refractivity contribution in [2.24, 2.45) is 5.92 Å². The summed E-state index contributed by atoms with van der Waals surface area (Å²) in [6.45, 7) is 4.36. The van der Waals surface area contributed by atoms with Gasteiger partial charge in [-0.25, -0.2) is 4.98 Å². The van der Waals surface area contributed by atoms with Gasteiger partial charge in [0, 0.05) is 13.2 Å². The Morgan fingerprint density at radius 3 is 2.76 bits per heavy atom. The molecule has 0 radical (unpaired) electrons. The fourth-order valence-electron chi connectivity index (χ4n) is 2.21. The van der Waals surface area contributed by atoms with E-state index in [0.29, 0.717) is 6.61 Å². The predicted molar refractivity (Wildman–Crippen MR) is 67.8 cm³/mol. The van der Waals surface area contributed by atoms with Crippen LogP contribution in [0.3, 0.4) is 0 Å². The summed E-state index contributed by atoms with van der Waals surface area (Å²) in [5, 5.41) is 3.12. The van der Waals surface area contributed by atoms with Gasteiger partial charge >= 0.3 is 0 Å². The zero-order valence-electron chi connectivity index (χ0n) is 10.5. The number of nitrogens with zero attached hydrogens (tertiary/aromatic N) is 2. The van der Waals surface area contributed by atoms with Gasteiger partial charge in [0.2, 0.25) is 0 Å². The molecule has 0 unspecified atom stereocenters. The Morgan fingerprint density at radius 1 is 1.29 bits per heavy atom. The van der Waals surface area contributed by atoms with Crippen molar-refractivity contribution in [2.45, 2.75) is 39.2 Å². The molecule has 4 nitrogen and oxygen atoms in total. The van der Waals surface area contributed by atoms with E-state index in [0.717, 1.165) is 30.6 Å². The monoisotopic (exact) mass is 235 g/mol. The third kappa shape index (κ3) is 3.97. The van der Waals surface area contributed by atoms with Crippen molar-refractivity contribution >= 4 is 5.82 Å². The van der Waals surface area contributed by atoms with Gasteiger partial charge in [-0.2, -0.15) is 0 Å². The average Bonchev–Trinajstić information content (AvgIpc) is 2.85. The van der Waals surface area contributed by atoms with Crippen molar-refractivity contribution in [1.29, 1.82) is 0 Å². The Bertz CT molecular complexity index is 320. The van der Waals surface area contributed by atoms with E-state index in [1.807, 2.05) is 6.92 Å². The van der Waals surface area contributed by atoms with Crippen molar-refractivity contribution in [3.63, 3.8) is 0 Å². The number of rotatable bonds is 6. The first-order valence-electron chi connectivity index (χ1n) is 6.51. The molecule has 0 spiro atoms. The van der Waals surface area contributed by atoms with Crippen LogP contribution in [0.4, 0.5) is 5.82 Å². The lowest BCUT2D eigenvalue weighted by Gasteiger charge is -2.09. The van der Waals surface area contributed by atoms with Crippen LogP contribution in [0.5, 0.6) is 0 Å². The van der Waals surface area contributed by atoms with Gasteiger partial charge in [0.25, 0.3) is 0 Å². The summed E-state index contributed by atoms with van der Waals surface area (Å²) in [4.78, 5) is 8.58. The van der Waals surface area contributed by atoms with Crippen LogP contribution in [0, 0.1) is 5.92 Å². The predicted octanol–water partition coefficient (Wildman–Crippen LogP) is 2.62. The maximum absolute atomic E-state index is 5.68. The zero-order chi connectivity index (χ0) is 11.9. The van der Waals surface area contributed by atoms with Crippen LogP contribution < -0.4 is 5.32 Å². The molecular weight excluding hydrogens is 214 g/mol. The fraction of sp³-hybridized carbons (Fsp3) is 0.692. The van der Waals surface area contributed by atoms with Gasteiger partial charge in [-0.3, -0.25) is 4.98 Å². The second-order valence-corrected chi connectivity index (χ2v) is 4.59. The molecule has 1 heterocycles. The van der Waals surface area contributed by atoms with Gasteiger partial charge in [0.05, 0.1) is 24.7 Å². The molecule has 94 valence electrons. The topological polar surface area (TPSA) is 47.0 Å². The van der Waals surface area contributed by atoms with Crippen LogP contribution in [-0.2, 0) is 11.3 Å². The SMILES string of the molecule is CCNc1cnc(COCC2CCCC2)cn1. The maximum Gasteiger partial charge on any atom is 0.144 e. The van der Waals surface area contributed by atoms with Crippen molar-refractivity contribution < 1.29 is 4.74 Å². The average molecular weight is 235 g/mol. The lowest BCUT2D eigenvalue weighted by Crippen LogP contribution is -2.07. The summed E-state index contributed by atoms with van der Waals surface area (Å²) < 4.78 is 5.68. The molecule has 0 aliphatic heterocycles. The lowest BCUT2D eigenvalue weighted by molar-refractivity contribution is 0.0865. The van der Waals surface area contributed by atoms with E-state index in [1.54, 1.807) is 12.4 Å². The van der Waals surface area contributed by atoms with E-state index in [1.165, 1.54) is 25.7 Å². The van der Waals surface area contributed by atoms with Crippen LogP contribution in [0.1, 0.15) is 38.3 Å². The van der Waals surface area contributed by atoms with Crippen molar-refractivity contribution in [3.8, 4) is 0 Å². The third-order valence-electron chi connectivity index (χ3n) is 3.14. The molecule has 1 N–H and O–H groups in total. The van der Waals surface area contributed by atoms with E-state index in [9.17, 15) is 0 Å². The summed E-state index contributed by atoms with van der Waals surface area (Å²) >= 11 is 0. The zero-order valence-corrected chi connectivity index (χ0v) is 10.5. The summed E-state index contributed by atoms with van der Waals surface area (Å²) in [5.74, 6) is 1.59. The largest absolute Gasteiger partial charge is 0.375 e. The van der Waals surface area contributed by atoms with E-state index < -0.39 is 0 Å². The van der Waals surface area contributed by atoms with Gasteiger partial charge in [0.15, 0.2) is 0 Å². The van der Waals surface area contributed by atoms with Crippen LogP contribution in [-0.4, -0.2) is 23.1 Å². The highest BCUT2D eigenvalue weighted by atomic mass is 16.5. The molecule has 2 rings (SSSR count). The van der Waals surface area contributed by atoms with Gasteiger partial charge in [-0.15, -0.1) is 0 Å². The Morgan fingerprint density at radius 2 is 2.12 bits per heavy atom. The third-order valence-corrected chi connectivity index (χ3v) is 3.14. The molecule has 0 aromatic carbocycles. The van der Waals surface area contributed by atoms with E-state index in [4.69, 9.17) is 4.74 Å². The molecule has 1 aromatic heterocycles. The quantitative estimate of drug-likeness (QED) is 0.823. The van der Waals surface area contributed by atoms with E-state index in [-0.39, 0.29) is 0 Å². The highest BCUT2D eigenvalue weighted by Crippen LogP contribution is 2.24. The standard InChI is InChI=1S/C13H21N3O/c1-2-14-13-8-15-12(7-16-13)10-17-9-11-5-3-4-6-11/h7-8,11H,2-6,9-10H2,1H3,(H,14,16). The number of anilines is 1. The normalized spacial score (nSPS) is 16.3. The molecule has 1 fully saturated rings. The number of ether oxygens (including phenoxy) is 1. The van der Waals surface area contributed by atoms with Crippen LogP contribution in [0.15, 0.2) is 12.4 Å². The van der Waals surface area contributed by atoms with E-state index in [2.05, 4.69) is 15.3 Å². The molecule has 1 aliphatic carbocycles. The summed E-state index contributed by atoms with van der Waals surface area (Å²) in [7, 11) is 0. The first-order chi connectivity index (χ1) is 8.38. The molecule has 17 heavy (non-hydrogen) atoms. The molecule has 1 aliphatic rings. The van der Waals surface area contributed by atoms with Crippen molar-refractivity contribution in [3.05, 3.63) is 18.1 Å². The van der Waals surface area contributed by atoms with Crippen molar-refractivity contribution in [1.82, 2.24) is 9.97 Å². The van der Waals surface area contributed by atoms with Crippen LogP contribution in [0.25, 0.3) is 0 Å². The fourth-order valence-corrected chi connectivity index (χ4v) is 2.21. The summed E-state index contributed by atoms with van der Waals surface area (Å²) in [5.41, 5.74) is 0.907. The minimum atomic E-state index is 0.579. The minimum absolute atomic E-state index is 0.579. The molecule has 0 bridgehead atoms. The van der Waals surface area contributed by atoms with Gasteiger partial charge < -0.3 is 10.1 Å². The molecular formula is C13H21N3O. The molecule has 0 amide bonds. The Kier molecular flexibility index (Phi) is 4.74. The van der Waals surface area contributed by atoms with Crippen LogP contribution >= 0.6 is 0 Å². The highest BCUT2D eigenvalue weighted by molar-refractivity contribution is 5.30. The smallest absolute Gasteiger partial charge is 0.144 e. The first kappa shape index (κ1) is 12.3. The Hall–Kier alpha value is -1.16. The highest BCUT2D eigenvalue weighted by Gasteiger charge is 2.14. The molecule has 0 atom stereocenters. The Labute approximate surface area is 103 Å². The first-order valence-corrected chi connectivity index (χ1v) is 6.51. The number of hydrogen-bond acceptors (Lipinski definition) is 4. The number of aromatic nitrogens is 2. The number of hydrogen-bond donors (Lipinski definition) is 1. The Balaban J connectivity index is 1.70. The second-order valence-electron chi connectivity index (χ2n) is 4.59. The lowest BCUT2D eigenvalue weighted by atomic mass is 10.1.